The summed E-state index contributed by atoms with van der Waals surface area (Å²) in [5, 5.41) is 14.9. The van der Waals surface area contributed by atoms with Crippen molar-refractivity contribution in [3.63, 3.8) is 0 Å². The molecule has 34 heavy (non-hydrogen) atoms. The zero-order valence-corrected chi connectivity index (χ0v) is 19.8. The monoisotopic (exact) mass is 466 g/mol. The predicted molar refractivity (Wildman–Crippen MR) is 137 cm³/mol. The molecule has 0 spiro atoms. The van der Waals surface area contributed by atoms with Crippen molar-refractivity contribution in [3.05, 3.63) is 107 Å². The molecule has 0 N–H and O–H groups in total. The molecule has 0 radical (unpaired) electrons. The van der Waals surface area contributed by atoms with E-state index in [2.05, 4.69) is 52.0 Å². The minimum atomic E-state index is 0.442. The van der Waals surface area contributed by atoms with Crippen molar-refractivity contribution in [3.8, 4) is 23.0 Å². The Balaban J connectivity index is 1.36. The van der Waals surface area contributed by atoms with Gasteiger partial charge in [-0.3, -0.25) is 0 Å². The maximum absolute atomic E-state index is 9.19. The Morgan fingerprint density at radius 2 is 1.62 bits per heavy atom. The Bertz CT molecular complexity index is 1260. The first kappa shape index (κ1) is 22.4. The van der Waals surface area contributed by atoms with E-state index in [0.29, 0.717) is 11.5 Å². The lowest BCUT2D eigenvalue weighted by molar-refractivity contribution is 0.212. The Morgan fingerprint density at radius 3 is 2.29 bits per heavy atom. The lowest BCUT2D eigenvalue weighted by Gasteiger charge is -2.32. The van der Waals surface area contributed by atoms with Crippen LogP contribution in [0.4, 0.5) is 0 Å². The average molecular weight is 467 g/mol. The van der Waals surface area contributed by atoms with E-state index in [4.69, 9.17) is 16.7 Å². The van der Waals surface area contributed by atoms with Crippen molar-refractivity contribution in [2.75, 3.05) is 19.6 Å². The van der Waals surface area contributed by atoms with Gasteiger partial charge in [0.25, 0.3) is 0 Å². The molecule has 2 heterocycles. The van der Waals surface area contributed by atoms with E-state index < -0.39 is 0 Å². The highest BCUT2D eigenvalue weighted by Gasteiger charge is 2.25. The molecule has 1 saturated heterocycles. The number of piperidine rings is 1. The number of likely N-dealkylation sites (tertiary alicyclic amines) is 1. The molecule has 0 amide bonds. The first-order chi connectivity index (χ1) is 16.7. The van der Waals surface area contributed by atoms with Crippen molar-refractivity contribution in [1.29, 1.82) is 5.26 Å². The molecule has 0 saturated carbocycles. The summed E-state index contributed by atoms with van der Waals surface area (Å²) in [6, 6.07) is 30.7. The second-order valence-corrected chi connectivity index (χ2v) is 9.32. The second kappa shape index (κ2) is 10.3. The van der Waals surface area contributed by atoms with Crippen molar-refractivity contribution in [2.24, 2.45) is 0 Å². The van der Waals surface area contributed by atoms with Gasteiger partial charge in [-0.2, -0.15) is 10.4 Å². The molecule has 1 aliphatic rings. The highest BCUT2D eigenvalue weighted by atomic mass is 35.5. The maximum Gasteiger partial charge on any atom is 0.0991 e. The molecule has 0 atom stereocenters. The fraction of sp³-hybridized carbons (Fsp3) is 0.241. The minimum Gasteiger partial charge on any atom is -0.303 e. The molecule has 5 rings (SSSR count). The zero-order valence-electron chi connectivity index (χ0n) is 19.1. The number of hydrogen-bond acceptors (Lipinski definition) is 3. The van der Waals surface area contributed by atoms with Crippen LogP contribution in [-0.2, 0) is 6.42 Å². The molecular weight excluding hydrogens is 440 g/mol. The van der Waals surface area contributed by atoms with Gasteiger partial charge >= 0.3 is 0 Å². The molecular formula is C29H27ClN4. The Labute approximate surface area is 206 Å². The Morgan fingerprint density at radius 1 is 0.912 bits per heavy atom. The van der Waals surface area contributed by atoms with Crippen LogP contribution in [-0.4, -0.2) is 34.3 Å². The number of rotatable bonds is 6. The van der Waals surface area contributed by atoms with Crippen LogP contribution in [0.3, 0.4) is 0 Å². The summed E-state index contributed by atoms with van der Waals surface area (Å²) < 4.78 is 2.06. The van der Waals surface area contributed by atoms with Crippen molar-refractivity contribution in [1.82, 2.24) is 14.7 Å². The van der Waals surface area contributed by atoms with E-state index in [0.717, 1.165) is 60.9 Å². The van der Waals surface area contributed by atoms with E-state index in [9.17, 15) is 5.26 Å². The van der Waals surface area contributed by atoms with Gasteiger partial charge in [-0.05, 0) is 80.4 Å². The van der Waals surface area contributed by atoms with Crippen molar-refractivity contribution in [2.45, 2.75) is 25.2 Å². The fourth-order valence-electron chi connectivity index (χ4n) is 4.72. The topological polar surface area (TPSA) is 44.9 Å². The number of nitrogens with zero attached hydrogens (tertiary/aromatic N) is 4. The maximum atomic E-state index is 9.19. The summed E-state index contributed by atoms with van der Waals surface area (Å²) >= 11 is 6.10. The summed E-state index contributed by atoms with van der Waals surface area (Å²) in [7, 11) is 0. The predicted octanol–water partition coefficient (Wildman–Crippen LogP) is 6.49. The highest BCUT2D eigenvalue weighted by Crippen LogP contribution is 2.33. The van der Waals surface area contributed by atoms with Gasteiger partial charge in [0.1, 0.15) is 0 Å². The third-order valence-corrected chi connectivity index (χ3v) is 6.94. The lowest BCUT2D eigenvalue weighted by atomic mass is 9.92. The number of hydrogen-bond donors (Lipinski definition) is 0. The quantitative estimate of drug-likeness (QED) is 0.326. The van der Waals surface area contributed by atoms with Gasteiger partial charge in [0.05, 0.1) is 23.0 Å². The largest absolute Gasteiger partial charge is 0.303 e. The third kappa shape index (κ3) is 5.07. The van der Waals surface area contributed by atoms with Crippen molar-refractivity contribution < 1.29 is 0 Å². The summed E-state index contributed by atoms with van der Waals surface area (Å²) in [6.45, 7) is 3.28. The number of halogens is 1. The zero-order chi connectivity index (χ0) is 23.3. The number of aromatic nitrogens is 2. The smallest absolute Gasteiger partial charge is 0.0991 e. The standard InChI is InChI=1S/C29H27ClN4/c30-26-10-8-24(9-11-26)28-20-29(34(32-28)27-12-6-23(21-31)7-13-27)25-15-18-33(19-16-25)17-14-22-4-2-1-3-5-22/h1-13,20,25H,14-19H2. The summed E-state index contributed by atoms with van der Waals surface area (Å²) in [5.41, 5.74) is 6.28. The molecule has 5 heteroatoms. The summed E-state index contributed by atoms with van der Waals surface area (Å²) in [6.07, 6.45) is 3.31. The number of nitriles is 1. The summed E-state index contributed by atoms with van der Waals surface area (Å²) in [4.78, 5) is 2.58. The Kier molecular flexibility index (Phi) is 6.76. The van der Waals surface area contributed by atoms with Gasteiger partial charge < -0.3 is 4.90 Å². The van der Waals surface area contributed by atoms with E-state index in [1.54, 1.807) is 0 Å². The van der Waals surface area contributed by atoms with Gasteiger partial charge in [-0.1, -0.05) is 54.1 Å². The summed E-state index contributed by atoms with van der Waals surface area (Å²) in [5.74, 6) is 0.442. The molecule has 4 nitrogen and oxygen atoms in total. The van der Waals surface area contributed by atoms with E-state index in [1.807, 2.05) is 48.5 Å². The molecule has 1 aliphatic heterocycles. The second-order valence-electron chi connectivity index (χ2n) is 8.88. The van der Waals surface area contributed by atoms with Gasteiger partial charge in [0, 0.05) is 28.7 Å². The average Bonchev–Trinajstić information content (AvgIpc) is 3.34. The van der Waals surface area contributed by atoms with Gasteiger partial charge in [0.15, 0.2) is 0 Å². The fourth-order valence-corrected chi connectivity index (χ4v) is 4.84. The normalized spacial score (nSPS) is 14.7. The SMILES string of the molecule is N#Cc1ccc(-n2nc(-c3ccc(Cl)cc3)cc2C2CCN(CCc3ccccc3)CC2)cc1. The van der Waals surface area contributed by atoms with Crippen molar-refractivity contribution >= 4 is 11.6 Å². The molecule has 4 aromatic rings. The van der Waals surface area contributed by atoms with E-state index >= 15 is 0 Å². The van der Waals surface area contributed by atoms with Crippen LogP contribution in [0.5, 0.6) is 0 Å². The molecule has 0 aliphatic carbocycles. The van der Waals surface area contributed by atoms with E-state index in [-0.39, 0.29) is 0 Å². The first-order valence-electron chi connectivity index (χ1n) is 11.8. The molecule has 0 bridgehead atoms. The van der Waals surface area contributed by atoms with Crippen LogP contribution in [0, 0.1) is 11.3 Å². The van der Waals surface area contributed by atoms with Gasteiger partial charge in [-0.25, -0.2) is 4.68 Å². The Hall–Kier alpha value is -3.39. The van der Waals surface area contributed by atoms with Gasteiger partial charge in [-0.15, -0.1) is 0 Å². The number of benzene rings is 3. The molecule has 1 fully saturated rings. The molecule has 0 unspecified atom stereocenters. The van der Waals surface area contributed by atoms with Gasteiger partial charge in [0.2, 0.25) is 0 Å². The van der Waals surface area contributed by atoms with Crippen LogP contribution in [0.1, 0.15) is 35.6 Å². The molecule has 3 aromatic carbocycles. The lowest BCUT2D eigenvalue weighted by Crippen LogP contribution is -2.35. The van der Waals surface area contributed by atoms with Crippen LogP contribution in [0.25, 0.3) is 16.9 Å². The van der Waals surface area contributed by atoms with E-state index in [1.165, 1.54) is 11.3 Å². The van der Waals surface area contributed by atoms with Crippen LogP contribution < -0.4 is 0 Å². The van der Waals surface area contributed by atoms with Crippen LogP contribution in [0.2, 0.25) is 5.02 Å². The first-order valence-corrected chi connectivity index (χ1v) is 12.2. The van der Waals surface area contributed by atoms with Crippen LogP contribution in [0.15, 0.2) is 84.9 Å². The minimum absolute atomic E-state index is 0.442. The molecule has 170 valence electrons. The highest BCUT2D eigenvalue weighted by molar-refractivity contribution is 6.30. The molecule has 1 aromatic heterocycles. The van der Waals surface area contributed by atoms with Crippen LogP contribution >= 0.6 is 11.6 Å². The third-order valence-electron chi connectivity index (χ3n) is 6.68.